The number of benzene rings is 3. The summed E-state index contributed by atoms with van der Waals surface area (Å²) < 4.78 is 42.1. The molecule has 128 valence electrons. The molecule has 2 nitrogen and oxygen atoms in total. The van der Waals surface area contributed by atoms with E-state index in [2.05, 4.69) is 0 Å². The maximum absolute atomic E-state index is 14.3. The highest BCUT2D eigenvalue weighted by Gasteiger charge is 2.13. The Hall–Kier alpha value is -3.34. The van der Waals surface area contributed by atoms with Crippen LogP contribution in [0, 0.1) is 17.5 Å². The maximum Gasteiger partial charge on any atom is 0.255 e. The lowest BCUT2D eigenvalue weighted by Gasteiger charge is -2.13. The predicted octanol–water partition coefficient (Wildman–Crippen LogP) is 5.08. The van der Waals surface area contributed by atoms with Gasteiger partial charge in [-0.1, -0.05) is 12.1 Å². The van der Waals surface area contributed by atoms with Crippen LogP contribution in [0.2, 0.25) is 0 Å². The van der Waals surface area contributed by atoms with Crippen LogP contribution in [0.3, 0.4) is 0 Å². The quantitative estimate of drug-likeness (QED) is 0.494. The van der Waals surface area contributed by atoms with Crippen LogP contribution >= 0.6 is 0 Å². The summed E-state index contributed by atoms with van der Waals surface area (Å²) in [7, 11) is 0. The van der Waals surface area contributed by atoms with Gasteiger partial charge in [0.05, 0.1) is 5.52 Å². The van der Waals surface area contributed by atoms with E-state index in [-0.39, 0.29) is 11.1 Å². The van der Waals surface area contributed by atoms with Gasteiger partial charge in [0.15, 0.2) is 0 Å². The molecule has 4 aromatic rings. The highest BCUT2D eigenvalue weighted by molar-refractivity contribution is 5.95. The molecule has 0 aliphatic rings. The Kier molecular flexibility index (Phi) is 3.84. The number of hydrogen-bond acceptors (Lipinski definition) is 1. The Morgan fingerprint density at radius 2 is 1.42 bits per heavy atom. The third-order valence-corrected chi connectivity index (χ3v) is 4.24. The molecule has 0 N–H and O–H groups in total. The largest absolute Gasteiger partial charge is 0.277 e. The van der Waals surface area contributed by atoms with Crippen molar-refractivity contribution in [2.24, 2.45) is 0 Å². The zero-order chi connectivity index (χ0) is 18.3. The van der Waals surface area contributed by atoms with Gasteiger partial charge in [0.25, 0.3) is 5.56 Å². The topological polar surface area (TPSA) is 22.0 Å². The molecule has 26 heavy (non-hydrogen) atoms. The summed E-state index contributed by atoms with van der Waals surface area (Å²) >= 11 is 0. The molecule has 0 fully saturated rings. The van der Waals surface area contributed by atoms with E-state index in [4.69, 9.17) is 0 Å². The number of pyridine rings is 1. The Balaban J connectivity index is 2.03. The highest BCUT2D eigenvalue weighted by Crippen LogP contribution is 2.31. The molecule has 0 aliphatic heterocycles. The van der Waals surface area contributed by atoms with Crippen LogP contribution < -0.4 is 5.56 Å². The Bertz CT molecular complexity index is 1180. The minimum atomic E-state index is -0.683. The minimum absolute atomic E-state index is 0.237. The Morgan fingerprint density at radius 3 is 2.15 bits per heavy atom. The second-order valence-electron chi connectivity index (χ2n) is 5.85. The van der Waals surface area contributed by atoms with E-state index in [9.17, 15) is 18.0 Å². The fraction of sp³-hybridized carbons (Fsp3) is 0. The number of rotatable bonds is 2. The summed E-state index contributed by atoms with van der Waals surface area (Å²) in [6.07, 6.45) is 0. The van der Waals surface area contributed by atoms with E-state index in [0.29, 0.717) is 22.2 Å². The number of aromatic nitrogens is 1. The Labute approximate surface area is 146 Å². The molecule has 0 aliphatic carbocycles. The lowest BCUT2D eigenvalue weighted by molar-refractivity contribution is 0.585. The van der Waals surface area contributed by atoms with Crippen molar-refractivity contribution in [2.45, 2.75) is 0 Å². The average Bonchev–Trinajstić information content (AvgIpc) is 2.62. The molecule has 5 heteroatoms. The van der Waals surface area contributed by atoms with Crippen molar-refractivity contribution in [2.75, 3.05) is 0 Å². The first-order chi connectivity index (χ1) is 12.5. The first kappa shape index (κ1) is 16.1. The van der Waals surface area contributed by atoms with Crippen LogP contribution in [-0.2, 0) is 0 Å². The van der Waals surface area contributed by atoms with Gasteiger partial charge in [-0.25, -0.2) is 13.2 Å². The molecular formula is C21H12F3NO. The molecule has 0 spiro atoms. The van der Waals surface area contributed by atoms with Crippen molar-refractivity contribution >= 4 is 10.9 Å². The van der Waals surface area contributed by atoms with Crippen LogP contribution in [0.5, 0.6) is 0 Å². The lowest BCUT2D eigenvalue weighted by atomic mass is 9.99. The SMILES string of the molecule is O=c1ccc2c(-c3ccc(F)cc3F)cccc2n1-c1ccc(F)cc1. The van der Waals surface area contributed by atoms with Crippen LogP contribution in [0.15, 0.2) is 77.6 Å². The number of nitrogens with zero attached hydrogens (tertiary/aromatic N) is 1. The van der Waals surface area contributed by atoms with Gasteiger partial charge in [0.1, 0.15) is 17.5 Å². The molecule has 0 atom stereocenters. The summed E-state index contributed by atoms with van der Waals surface area (Å²) in [6, 6.07) is 17.0. The fourth-order valence-electron chi connectivity index (χ4n) is 3.07. The summed E-state index contributed by atoms with van der Waals surface area (Å²) in [5.74, 6) is -1.75. The molecule has 1 aromatic heterocycles. The zero-order valence-electron chi connectivity index (χ0n) is 13.4. The van der Waals surface area contributed by atoms with Gasteiger partial charge >= 0.3 is 0 Å². The van der Waals surface area contributed by atoms with Crippen LogP contribution in [0.4, 0.5) is 13.2 Å². The van der Waals surface area contributed by atoms with E-state index in [0.717, 1.165) is 6.07 Å². The van der Waals surface area contributed by atoms with Crippen molar-refractivity contribution in [3.05, 3.63) is 101 Å². The molecule has 0 bridgehead atoms. The normalized spacial score (nSPS) is 11.0. The van der Waals surface area contributed by atoms with Crippen LogP contribution in [0.25, 0.3) is 27.7 Å². The van der Waals surface area contributed by atoms with Crippen molar-refractivity contribution < 1.29 is 13.2 Å². The maximum atomic E-state index is 14.3. The summed E-state index contributed by atoms with van der Waals surface area (Å²) in [6.45, 7) is 0. The van der Waals surface area contributed by atoms with Gasteiger partial charge in [-0.15, -0.1) is 0 Å². The van der Waals surface area contributed by atoms with Gasteiger partial charge in [-0.2, -0.15) is 0 Å². The predicted molar refractivity (Wildman–Crippen MR) is 94.9 cm³/mol. The van der Waals surface area contributed by atoms with Crippen LogP contribution in [0.1, 0.15) is 0 Å². The second-order valence-corrected chi connectivity index (χ2v) is 5.85. The van der Waals surface area contributed by atoms with Crippen LogP contribution in [-0.4, -0.2) is 4.57 Å². The van der Waals surface area contributed by atoms with E-state index in [1.807, 2.05) is 0 Å². The molecule has 3 aromatic carbocycles. The van der Waals surface area contributed by atoms with Crippen molar-refractivity contribution in [3.63, 3.8) is 0 Å². The molecular weight excluding hydrogens is 339 g/mol. The monoisotopic (exact) mass is 351 g/mol. The number of fused-ring (bicyclic) bond motifs is 1. The van der Waals surface area contributed by atoms with Gasteiger partial charge in [0.2, 0.25) is 0 Å². The molecule has 0 saturated heterocycles. The Morgan fingerprint density at radius 1 is 0.692 bits per heavy atom. The first-order valence-electron chi connectivity index (χ1n) is 7.91. The third-order valence-electron chi connectivity index (χ3n) is 4.24. The highest BCUT2D eigenvalue weighted by atomic mass is 19.1. The van der Waals surface area contributed by atoms with E-state index < -0.39 is 17.5 Å². The fourth-order valence-corrected chi connectivity index (χ4v) is 3.07. The lowest BCUT2D eigenvalue weighted by Crippen LogP contribution is -2.17. The summed E-state index contributed by atoms with van der Waals surface area (Å²) in [5.41, 5.74) is 1.53. The third kappa shape index (κ3) is 2.67. The average molecular weight is 351 g/mol. The molecule has 0 amide bonds. The van der Waals surface area contributed by atoms with Crippen molar-refractivity contribution in [1.82, 2.24) is 4.57 Å². The first-order valence-corrected chi connectivity index (χ1v) is 7.91. The smallest absolute Gasteiger partial charge is 0.255 e. The van der Waals surface area contributed by atoms with Gasteiger partial charge in [0, 0.05) is 28.8 Å². The van der Waals surface area contributed by atoms with Gasteiger partial charge in [-0.05, 0) is 54.1 Å². The number of hydrogen-bond donors (Lipinski definition) is 0. The zero-order valence-corrected chi connectivity index (χ0v) is 13.4. The van der Waals surface area contributed by atoms with E-state index >= 15 is 0 Å². The summed E-state index contributed by atoms with van der Waals surface area (Å²) in [5, 5.41) is 0.627. The van der Waals surface area contributed by atoms with Crippen molar-refractivity contribution in [1.29, 1.82) is 0 Å². The van der Waals surface area contributed by atoms with Gasteiger partial charge in [-0.3, -0.25) is 9.36 Å². The molecule has 0 saturated carbocycles. The standard InChI is InChI=1S/C21H12F3NO/c22-13-4-7-15(8-5-13)25-20-3-1-2-16(18(20)10-11-21(25)26)17-9-6-14(23)12-19(17)24/h1-12H. The van der Waals surface area contributed by atoms with E-state index in [1.54, 1.807) is 24.3 Å². The van der Waals surface area contributed by atoms with E-state index in [1.165, 1.54) is 47.0 Å². The molecule has 4 rings (SSSR count). The molecule has 0 radical (unpaired) electrons. The second kappa shape index (κ2) is 6.19. The van der Waals surface area contributed by atoms with Gasteiger partial charge < -0.3 is 0 Å². The van der Waals surface area contributed by atoms with Crippen molar-refractivity contribution in [3.8, 4) is 16.8 Å². The molecule has 1 heterocycles. The molecule has 0 unspecified atom stereocenters. The summed E-state index contributed by atoms with van der Waals surface area (Å²) in [4.78, 5) is 12.4. The number of halogens is 3. The minimum Gasteiger partial charge on any atom is -0.277 e.